The lowest BCUT2D eigenvalue weighted by molar-refractivity contribution is -0.122. The average molecular weight is 302 g/mol. The van der Waals surface area contributed by atoms with Gasteiger partial charge in [-0.1, -0.05) is 67.9 Å². The smallest absolute Gasteiger partial charge is 0.221 e. The van der Waals surface area contributed by atoms with Crippen molar-refractivity contribution in [1.29, 1.82) is 0 Å². The van der Waals surface area contributed by atoms with Gasteiger partial charge in [0, 0.05) is 11.4 Å². The van der Waals surface area contributed by atoms with Crippen molar-refractivity contribution in [2.45, 2.75) is 26.3 Å². The quantitative estimate of drug-likeness (QED) is 0.859. The molecule has 0 aliphatic heterocycles. The van der Waals surface area contributed by atoms with E-state index >= 15 is 0 Å². The third-order valence-corrected chi connectivity index (χ3v) is 3.49. The summed E-state index contributed by atoms with van der Waals surface area (Å²) in [5.41, 5.74) is 2.10. The van der Waals surface area contributed by atoms with Gasteiger partial charge in [-0.2, -0.15) is 0 Å². The molecule has 0 heterocycles. The summed E-state index contributed by atoms with van der Waals surface area (Å²) >= 11 is 5.95. The zero-order valence-corrected chi connectivity index (χ0v) is 13.1. The number of benzene rings is 2. The summed E-state index contributed by atoms with van der Waals surface area (Å²) in [6, 6.07) is 17.4. The lowest BCUT2D eigenvalue weighted by Gasteiger charge is -2.20. The Bertz CT molecular complexity index is 578. The summed E-state index contributed by atoms with van der Waals surface area (Å²) in [6.07, 6.45) is 0.525. The number of carbonyl (C=O) groups excluding carboxylic acids is 1. The van der Waals surface area contributed by atoms with Crippen LogP contribution in [0.15, 0.2) is 54.6 Å². The van der Waals surface area contributed by atoms with Crippen molar-refractivity contribution in [3.8, 4) is 0 Å². The highest BCUT2D eigenvalue weighted by Crippen LogP contribution is 2.23. The van der Waals surface area contributed by atoms with Crippen LogP contribution in [0.5, 0.6) is 0 Å². The molecule has 0 radical (unpaired) electrons. The first-order valence-electron chi connectivity index (χ1n) is 7.16. The molecule has 1 amide bonds. The molecule has 0 aliphatic rings. The number of nitrogens with one attached hydrogen (secondary N) is 1. The van der Waals surface area contributed by atoms with Crippen LogP contribution in [-0.2, 0) is 4.79 Å². The highest BCUT2D eigenvalue weighted by Gasteiger charge is 2.17. The maximum atomic E-state index is 12.1. The molecule has 0 aromatic heterocycles. The lowest BCUT2D eigenvalue weighted by Crippen LogP contribution is -2.30. The lowest BCUT2D eigenvalue weighted by atomic mass is 9.98. The molecule has 2 aromatic rings. The minimum absolute atomic E-state index is 0.0637. The third-order valence-electron chi connectivity index (χ3n) is 3.24. The Labute approximate surface area is 131 Å². The van der Waals surface area contributed by atoms with Crippen LogP contribution in [0.4, 0.5) is 0 Å². The van der Waals surface area contributed by atoms with Crippen molar-refractivity contribution in [3.05, 3.63) is 70.7 Å². The second-order valence-electron chi connectivity index (χ2n) is 5.56. The van der Waals surface area contributed by atoms with Gasteiger partial charge in [-0.05, 0) is 29.2 Å². The van der Waals surface area contributed by atoms with Crippen molar-refractivity contribution in [1.82, 2.24) is 5.32 Å². The number of halogens is 1. The SMILES string of the molecule is CC(C)CC(=O)NC(c1ccccc1)c1ccc(Cl)cc1. The Morgan fingerprint density at radius 2 is 1.57 bits per heavy atom. The van der Waals surface area contributed by atoms with E-state index in [-0.39, 0.29) is 11.9 Å². The predicted molar refractivity (Wildman–Crippen MR) is 87.3 cm³/mol. The summed E-state index contributed by atoms with van der Waals surface area (Å²) in [5.74, 6) is 0.403. The molecule has 2 aromatic carbocycles. The van der Waals surface area contributed by atoms with Gasteiger partial charge >= 0.3 is 0 Å². The van der Waals surface area contributed by atoms with Gasteiger partial charge < -0.3 is 5.32 Å². The van der Waals surface area contributed by atoms with Gasteiger partial charge in [0.05, 0.1) is 6.04 Å². The zero-order valence-electron chi connectivity index (χ0n) is 12.3. The van der Waals surface area contributed by atoms with E-state index in [1.807, 2.05) is 68.4 Å². The van der Waals surface area contributed by atoms with Crippen LogP contribution in [-0.4, -0.2) is 5.91 Å². The summed E-state index contributed by atoms with van der Waals surface area (Å²) in [6.45, 7) is 4.08. The van der Waals surface area contributed by atoms with E-state index in [1.54, 1.807) is 0 Å². The number of carbonyl (C=O) groups is 1. The maximum absolute atomic E-state index is 12.1. The van der Waals surface area contributed by atoms with Crippen LogP contribution in [0.25, 0.3) is 0 Å². The average Bonchev–Trinajstić information content (AvgIpc) is 2.46. The van der Waals surface area contributed by atoms with Gasteiger partial charge in [-0.15, -0.1) is 0 Å². The molecule has 1 atom stereocenters. The Hall–Kier alpha value is -1.80. The number of hydrogen-bond acceptors (Lipinski definition) is 1. The van der Waals surface area contributed by atoms with E-state index in [0.717, 1.165) is 11.1 Å². The molecule has 110 valence electrons. The molecule has 0 spiro atoms. The van der Waals surface area contributed by atoms with Crippen molar-refractivity contribution < 1.29 is 4.79 Å². The maximum Gasteiger partial charge on any atom is 0.221 e. The minimum Gasteiger partial charge on any atom is -0.345 e. The van der Waals surface area contributed by atoms with Crippen LogP contribution in [0.2, 0.25) is 5.02 Å². The molecule has 0 saturated carbocycles. The van der Waals surface area contributed by atoms with Crippen LogP contribution >= 0.6 is 11.6 Å². The van der Waals surface area contributed by atoms with Crippen molar-refractivity contribution in [2.75, 3.05) is 0 Å². The Morgan fingerprint density at radius 3 is 2.14 bits per heavy atom. The van der Waals surface area contributed by atoms with E-state index in [1.165, 1.54) is 0 Å². The van der Waals surface area contributed by atoms with E-state index in [9.17, 15) is 4.79 Å². The molecular weight excluding hydrogens is 282 g/mol. The third kappa shape index (κ3) is 4.61. The highest BCUT2D eigenvalue weighted by molar-refractivity contribution is 6.30. The first-order chi connectivity index (χ1) is 10.1. The van der Waals surface area contributed by atoms with Gasteiger partial charge in [0.25, 0.3) is 0 Å². The van der Waals surface area contributed by atoms with Crippen LogP contribution in [0.3, 0.4) is 0 Å². The summed E-state index contributed by atoms with van der Waals surface area (Å²) in [4.78, 5) is 12.1. The van der Waals surface area contributed by atoms with E-state index in [2.05, 4.69) is 5.32 Å². The topological polar surface area (TPSA) is 29.1 Å². The van der Waals surface area contributed by atoms with E-state index in [0.29, 0.717) is 17.4 Å². The Balaban J connectivity index is 2.27. The summed E-state index contributed by atoms with van der Waals surface area (Å²) in [7, 11) is 0. The monoisotopic (exact) mass is 301 g/mol. The number of amides is 1. The van der Waals surface area contributed by atoms with Crippen LogP contribution in [0, 0.1) is 5.92 Å². The Kier molecular flexibility index (Phi) is 5.40. The minimum atomic E-state index is -0.144. The van der Waals surface area contributed by atoms with Crippen molar-refractivity contribution in [3.63, 3.8) is 0 Å². The largest absolute Gasteiger partial charge is 0.345 e. The first-order valence-corrected chi connectivity index (χ1v) is 7.54. The first kappa shape index (κ1) is 15.6. The van der Waals surface area contributed by atoms with Gasteiger partial charge in [0.2, 0.25) is 5.91 Å². The molecule has 2 nitrogen and oxygen atoms in total. The Morgan fingerprint density at radius 1 is 1.00 bits per heavy atom. The molecule has 2 rings (SSSR count). The fraction of sp³-hybridized carbons (Fsp3) is 0.278. The van der Waals surface area contributed by atoms with Crippen molar-refractivity contribution in [2.24, 2.45) is 5.92 Å². The summed E-state index contributed by atoms with van der Waals surface area (Å²) < 4.78 is 0. The second-order valence-corrected chi connectivity index (χ2v) is 6.00. The van der Waals surface area contributed by atoms with Gasteiger partial charge in [-0.25, -0.2) is 0 Å². The molecule has 0 saturated heterocycles. The molecule has 21 heavy (non-hydrogen) atoms. The predicted octanol–water partition coefficient (Wildman–Crippen LogP) is 4.59. The molecule has 0 fully saturated rings. The fourth-order valence-electron chi connectivity index (χ4n) is 2.25. The molecule has 1 unspecified atom stereocenters. The molecule has 3 heteroatoms. The molecular formula is C18H20ClNO. The van der Waals surface area contributed by atoms with Crippen LogP contribution < -0.4 is 5.32 Å². The van der Waals surface area contributed by atoms with E-state index in [4.69, 9.17) is 11.6 Å². The van der Waals surface area contributed by atoms with Gasteiger partial charge in [0.1, 0.15) is 0 Å². The number of hydrogen-bond donors (Lipinski definition) is 1. The van der Waals surface area contributed by atoms with Crippen molar-refractivity contribution >= 4 is 17.5 Å². The fourth-order valence-corrected chi connectivity index (χ4v) is 2.38. The number of rotatable bonds is 5. The highest BCUT2D eigenvalue weighted by atomic mass is 35.5. The van der Waals surface area contributed by atoms with Gasteiger partial charge in [-0.3, -0.25) is 4.79 Å². The normalized spacial score (nSPS) is 12.2. The molecule has 0 bridgehead atoms. The molecule has 0 aliphatic carbocycles. The zero-order chi connectivity index (χ0) is 15.2. The van der Waals surface area contributed by atoms with E-state index < -0.39 is 0 Å². The van der Waals surface area contributed by atoms with Crippen LogP contribution in [0.1, 0.15) is 37.4 Å². The standard InChI is InChI=1S/C18H20ClNO/c1-13(2)12-17(21)20-18(14-6-4-3-5-7-14)15-8-10-16(19)11-9-15/h3-11,13,18H,12H2,1-2H3,(H,20,21). The van der Waals surface area contributed by atoms with Gasteiger partial charge in [0.15, 0.2) is 0 Å². The second kappa shape index (κ2) is 7.28. The molecule has 1 N–H and O–H groups in total. The summed E-state index contributed by atoms with van der Waals surface area (Å²) in [5, 5.41) is 3.81.